The number of carbonyl (C=O) groups excluding carboxylic acids is 1. The second-order valence-electron chi connectivity index (χ2n) is 5.24. The van der Waals surface area contributed by atoms with Gasteiger partial charge in [-0.25, -0.2) is 4.39 Å². The minimum absolute atomic E-state index is 0.197. The van der Waals surface area contributed by atoms with Gasteiger partial charge in [0.05, 0.1) is 0 Å². The second-order valence-corrected chi connectivity index (χ2v) is 5.68. The van der Waals surface area contributed by atoms with Crippen LogP contribution in [-0.4, -0.2) is 16.1 Å². The van der Waals surface area contributed by atoms with Gasteiger partial charge in [0.25, 0.3) is 5.91 Å². The molecule has 0 aliphatic carbocycles. The Morgan fingerprint density at radius 2 is 1.68 bits per heavy atom. The molecule has 1 heterocycles. The molecule has 25 heavy (non-hydrogen) atoms. The van der Waals surface area contributed by atoms with Crippen molar-refractivity contribution in [2.24, 2.45) is 0 Å². The third kappa shape index (κ3) is 4.74. The number of halogens is 2. The van der Waals surface area contributed by atoms with E-state index in [1.807, 2.05) is 0 Å². The number of carbonyl (C=O) groups is 1. The van der Waals surface area contributed by atoms with E-state index in [2.05, 4.69) is 20.8 Å². The molecule has 3 rings (SSSR count). The minimum atomic E-state index is -0.361. The van der Waals surface area contributed by atoms with Crippen molar-refractivity contribution in [3.8, 4) is 0 Å². The second kappa shape index (κ2) is 7.72. The summed E-state index contributed by atoms with van der Waals surface area (Å²) in [7, 11) is 0. The van der Waals surface area contributed by atoms with E-state index < -0.39 is 0 Å². The van der Waals surface area contributed by atoms with Crippen LogP contribution in [0.25, 0.3) is 0 Å². The molecule has 0 saturated carbocycles. The van der Waals surface area contributed by atoms with Crippen molar-refractivity contribution in [3.63, 3.8) is 0 Å². The van der Waals surface area contributed by atoms with E-state index in [0.29, 0.717) is 23.1 Å². The van der Waals surface area contributed by atoms with Crippen LogP contribution in [0.3, 0.4) is 0 Å². The summed E-state index contributed by atoms with van der Waals surface area (Å²) < 4.78 is 12.9. The number of nitrogens with one attached hydrogen (secondary N) is 2. The fourth-order valence-corrected chi connectivity index (χ4v) is 2.20. The maximum atomic E-state index is 12.9. The van der Waals surface area contributed by atoms with E-state index in [0.717, 1.165) is 5.56 Å². The van der Waals surface area contributed by atoms with Gasteiger partial charge in [-0.1, -0.05) is 23.7 Å². The molecule has 0 unspecified atom stereocenters. The largest absolute Gasteiger partial charge is 0.365 e. The number of benzene rings is 2. The van der Waals surface area contributed by atoms with E-state index in [4.69, 9.17) is 11.6 Å². The average Bonchev–Trinajstić information content (AvgIpc) is 2.63. The monoisotopic (exact) mass is 356 g/mol. The van der Waals surface area contributed by atoms with Gasteiger partial charge in [0.15, 0.2) is 5.69 Å². The molecular weight excluding hydrogens is 343 g/mol. The summed E-state index contributed by atoms with van der Waals surface area (Å²) in [5.41, 5.74) is 1.73. The SMILES string of the molecule is O=C(Nc1ccc(Cl)cc1)c1ccc(NCc2ccc(F)cc2)nn1. The first-order valence-corrected chi connectivity index (χ1v) is 7.87. The molecule has 1 amide bonds. The molecule has 1 aromatic heterocycles. The highest BCUT2D eigenvalue weighted by atomic mass is 35.5. The maximum absolute atomic E-state index is 12.9. The Hall–Kier alpha value is -2.99. The quantitative estimate of drug-likeness (QED) is 0.721. The topological polar surface area (TPSA) is 66.9 Å². The Kier molecular flexibility index (Phi) is 5.20. The van der Waals surface area contributed by atoms with Gasteiger partial charge in [-0.05, 0) is 54.1 Å². The van der Waals surface area contributed by atoms with Crippen LogP contribution in [0.2, 0.25) is 5.02 Å². The number of aromatic nitrogens is 2. The summed E-state index contributed by atoms with van der Waals surface area (Å²) in [4.78, 5) is 12.1. The van der Waals surface area contributed by atoms with E-state index in [1.165, 1.54) is 12.1 Å². The molecule has 0 aliphatic rings. The van der Waals surface area contributed by atoms with E-state index in [-0.39, 0.29) is 17.4 Å². The summed E-state index contributed by atoms with van der Waals surface area (Å²) >= 11 is 5.80. The summed E-state index contributed by atoms with van der Waals surface area (Å²) in [6, 6.07) is 16.2. The predicted molar refractivity (Wildman–Crippen MR) is 95.2 cm³/mol. The van der Waals surface area contributed by atoms with Crippen LogP contribution in [-0.2, 0) is 6.54 Å². The van der Waals surface area contributed by atoms with Crippen LogP contribution in [0, 0.1) is 5.82 Å². The molecule has 0 saturated heterocycles. The molecule has 126 valence electrons. The third-order valence-corrected chi connectivity index (χ3v) is 3.64. The van der Waals surface area contributed by atoms with Crippen molar-refractivity contribution in [2.45, 2.75) is 6.54 Å². The molecule has 0 atom stereocenters. The number of hydrogen-bond acceptors (Lipinski definition) is 4. The summed E-state index contributed by atoms with van der Waals surface area (Å²) in [6.07, 6.45) is 0. The van der Waals surface area contributed by atoms with E-state index >= 15 is 0 Å². The summed E-state index contributed by atoms with van der Waals surface area (Å²) in [5, 5.41) is 14.2. The predicted octanol–water partition coefficient (Wildman–Crippen LogP) is 4.13. The number of rotatable bonds is 5. The Balaban J connectivity index is 1.58. The Bertz CT molecular complexity index is 852. The van der Waals surface area contributed by atoms with Crippen molar-refractivity contribution in [2.75, 3.05) is 10.6 Å². The van der Waals surface area contributed by atoms with Gasteiger partial charge in [0, 0.05) is 17.3 Å². The maximum Gasteiger partial charge on any atom is 0.276 e. The van der Waals surface area contributed by atoms with E-state index in [9.17, 15) is 9.18 Å². The third-order valence-electron chi connectivity index (χ3n) is 3.39. The fraction of sp³-hybridized carbons (Fsp3) is 0.0556. The van der Waals surface area contributed by atoms with Crippen LogP contribution in [0.4, 0.5) is 15.9 Å². The minimum Gasteiger partial charge on any atom is -0.365 e. The number of nitrogens with zero attached hydrogens (tertiary/aromatic N) is 2. The smallest absolute Gasteiger partial charge is 0.276 e. The summed E-state index contributed by atoms with van der Waals surface area (Å²) in [5.74, 6) is -0.119. The Labute approximate surface area is 148 Å². The first kappa shape index (κ1) is 16.9. The molecule has 0 spiro atoms. The van der Waals surface area contributed by atoms with E-state index in [1.54, 1.807) is 48.5 Å². The molecule has 0 fully saturated rings. The van der Waals surface area contributed by atoms with Gasteiger partial charge in [-0.2, -0.15) is 0 Å². The Morgan fingerprint density at radius 3 is 2.32 bits per heavy atom. The molecule has 5 nitrogen and oxygen atoms in total. The molecule has 2 aromatic carbocycles. The van der Waals surface area contributed by atoms with Crippen LogP contribution in [0.15, 0.2) is 60.7 Å². The normalized spacial score (nSPS) is 10.3. The van der Waals surface area contributed by atoms with Crippen LogP contribution in [0.5, 0.6) is 0 Å². The lowest BCUT2D eigenvalue weighted by molar-refractivity contribution is 0.102. The van der Waals surface area contributed by atoms with Crippen molar-refractivity contribution >= 4 is 29.0 Å². The highest BCUT2D eigenvalue weighted by molar-refractivity contribution is 6.30. The van der Waals surface area contributed by atoms with Gasteiger partial charge < -0.3 is 10.6 Å². The van der Waals surface area contributed by atoms with Gasteiger partial charge in [0.1, 0.15) is 11.6 Å². The first-order chi connectivity index (χ1) is 12.1. The lowest BCUT2D eigenvalue weighted by Gasteiger charge is -2.07. The number of anilines is 2. The lowest BCUT2D eigenvalue weighted by Crippen LogP contribution is -2.14. The van der Waals surface area contributed by atoms with Crippen molar-refractivity contribution < 1.29 is 9.18 Å². The average molecular weight is 357 g/mol. The lowest BCUT2D eigenvalue weighted by atomic mass is 10.2. The van der Waals surface area contributed by atoms with Gasteiger partial charge in [0.2, 0.25) is 0 Å². The standard InChI is InChI=1S/C18H14ClFN4O/c19-13-3-7-15(8-4-13)22-18(25)16-9-10-17(24-23-16)21-11-12-1-5-14(20)6-2-12/h1-10H,11H2,(H,21,24)(H,22,25). The molecular formula is C18H14ClFN4O. The molecule has 0 bridgehead atoms. The van der Waals surface area contributed by atoms with Crippen molar-refractivity contribution in [3.05, 3.63) is 82.8 Å². The highest BCUT2D eigenvalue weighted by Crippen LogP contribution is 2.14. The Morgan fingerprint density at radius 1 is 0.960 bits per heavy atom. The van der Waals surface area contributed by atoms with Crippen LogP contribution >= 0.6 is 11.6 Å². The molecule has 7 heteroatoms. The van der Waals surface area contributed by atoms with Crippen molar-refractivity contribution in [1.29, 1.82) is 0 Å². The zero-order chi connectivity index (χ0) is 17.6. The molecule has 0 radical (unpaired) electrons. The molecule has 2 N–H and O–H groups in total. The highest BCUT2D eigenvalue weighted by Gasteiger charge is 2.08. The molecule has 0 aliphatic heterocycles. The number of hydrogen-bond donors (Lipinski definition) is 2. The fourth-order valence-electron chi connectivity index (χ4n) is 2.07. The zero-order valence-electron chi connectivity index (χ0n) is 13.0. The van der Waals surface area contributed by atoms with Crippen molar-refractivity contribution in [1.82, 2.24) is 10.2 Å². The first-order valence-electron chi connectivity index (χ1n) is 7.49. The van der Waals surface area contributed by atoms with Crippen LogP contribution < -0.4 is 10.6 Å². The zero-order valence-corrected chi connectivity index (χ0v) is 13.8. The summed E-state index contributed by atoms with van der Waals surface area (Å²) in [6.45, 7) is 0.477. The van der Waals surface area contributed by atoms with Crippen LogP contribution in [0.1, 0.15) is 16.1 Å². The van der Waals surface area contributed by atoms with Gasteiger partial charge >= 0.3 is 0 Å². The van der Waals surface area contributed by atoms with Gasteiger partial charge in [-0.15, -0.1) is 10.2 Å². The van der Waals surface area contributed by atoms with Gasteiger partial charge in [-0.3, -0.25) is 4.79 Å². The number of amides is 1. The molecule has 3 aromatic rings.